The third kappa shape index (κ3) is 3.42. The van der Waals surface area contributed by atoms with E-state index in [-0.39, 0.29) is 0 Å². The lowest BCUT2D eigenvalue weighted by Gasteiger charge is -2.16. The summed E-state index contributed by atoms with van der Waals surface area (Å²) in [5.41, 5.74) is 7.84. The largest absolute Gasteiger partial charge is 0.398 e. The summed E-state index contributed by atoms with van der Waals surface area (Å²) in [7, 11) is 0. The third-order valence-corrected chi connectivity index (χ3v) is 5.00. The maximum absolute atomic E-state index is 5.84. The van der Waals surface area contributed by atoms with Crippen molar-refractivity contribution >= 4 is 33.4 Å². The van der Waals surface area contributed by atoms with Crippen LogP contribution in [0.5, 0.6) is 0 Å². The van der Waals surface area contributed by atoms with Crippen molar-refractivity contribution in [3.63, 3.8) is 0 Å². The maximum Gasteiger partial charge on any atom is 0.0355 e. The van der Waals surface area contributed by atoms with Crippen molar-refractivity contribution in [2.75, 3.05) is 5.73 Å². The first-order chi connectivity index (χ1) is 6.91. The Bertz CT molecular complexity index is 350. The van der Waals surface area contributed by atoms with E-state index in [4.69, 9.17) is 5.73 Å². The fourth-order valence-corrected chi connectivity index (χ4v) is 2.83. The molecule has 0 fully saturated rings. The summed E-state index contributed by atoms with van der Waals surface area (Å²) in [6.07, 6.45) is 0. The van der Waals surface area contributed by atoms with E-state index >= 15 is 0 Å². The Morgan fingerprint density at radius 3 is 2.40 bits per heavy atom. The van der Waals surface area contributed by atoms with Crippen molar-refractivity contribution in [1.82, 2.24) is 0 Å². The number of rotatable bonds is 3. The van der Waals surface area contributed by atoms with Gasteiger partial charge in [-0.25, -0.2) is 0 Å². The van der Waals surface area contributed by atoms with Gasteiger partial charge in [-0.15, -0.1) is 11.8 Å². The zero-order valence-corrected chi connectivity index (χ0v) is 12.1. The summed E-state index contributed by atoms with van der Waals surface area (Å²) in [4.78, 5) is 1.28. The molecule has 0 amide bonds. The van der Waals surface area contributed by atoms with E-state index in [1.54, 1.807) is 0 Å². The molecule has 0 radical (unpaired) electrons. The van der Waals surface area contributed by atoms with Gasteiger partial charge in [-0.2, -0.15) is 0 Å². The monoisotopic (exact) mass is 287 g/mol. The van der Waals surface area contributed by atoms with Crippen LogP contribution in [-0.2, 0) is 0 Å². The molecule has 0 bridgehead atoms. The van der Waals surface area contributed by atoms with Crippen LogP contribution in [0.1, 0.15) is 26.3 Å². The lowest BCUT2D eigenvalue weighted by Crippen LogP contribution is -2.05. The second-order valence-corrected chi connectivity index (χ2v) is 6.48. The van der Waals surface area contributed by atoms with Crippen LogP contribution in [0.4, 0.5) is 5.69 Å². The minimum absolute atomic E-state index is 0.615. The van der Waals surface area contributed by atoms with Gasteiger partial charge in [0.05, 0.1) is 0 Å². The van der Waals surface area contributed by atoms with Crippen LogP contribution in [0.15, 0.2) is 21.5 Å². The van der Waals surface area contributed by atoms with Crippen molar-refractivity contribution in [3.05, 3.63) is 22.2 Å². The Kier molecular flexibility index (Phi) is 4.53. The number of aryl methyl sites for hydroxylation is 1. The van der Waals surface area contributed by atoms with E-state index in [1.807, 2.05) is 24.8 Å². The van der Waals surface area contributed by atoms with Crippen LogP contribution in [0.25, 0.3) is 0 Å². The number of thioether (sulfide) groups is 1. The molecule has 1 aromatic carbocycles. The molecule has 1 atom stereocenters. The number of anilines is 1. The van der Waals surface area contributed by atoms with Gasteiger partial charge in [0.1, 0.15) is 0 Å². The van der Waals surface area contributed by atoms with Gasteiger partial charge in [0.2, 0.25) is 0 Å². The van der Waals surface area contributed by atoms with Crippen molar-refractivity contribution in [3.8, 4) is 0 Å². The molecule has 0 saturated carbocycles. The molecule has 0 aliphatic carbocycles. The summed E-state index contributed by atoms with van der Waals surface area (Å²) in [6, 6.07) is 4.15. The first-order valence-corrected chi connectivity index (χ1v) is 6.81. The molecular formula is C12H18BrNS. The van der Waals surface area contributed by atoms with E-state index in [9.17, 15) is 0 Å². The van der Waals surface area contributed by atoms with Crippen LogP contribution in [0, 0.1) is 12.8 Å². The summed E-state index contributed by atoms with van der Waals surface area (Å²) < 4.78 is 1.10. The van der Waals surface area contributed by atoms with E-state index in [0.717, 1.165) is 15.7 Å². The molecule has 0 saturated heterocycles. The Morgan fingerprint density at radius 1 is 1.27 bits per heavy atom. The molecule has 1 unspecified atom stereocenters. The summed E-state index contributed by atoms with van der Waals surface area (Å²) in [5, 5.41) is 0.615. The Hall–Kier alpha value is -0.150. The standard InChI is InChI=1S/C12H18BrNS/c1-7(2)9(4)15-12-5-8(3)11(14)6-10(12)13/h5-7,9H,14H2,1-4H3. The fraction of sp³-hybridized carbons (Fsp3) is 0.500. The SMILES string of the molecule is Cc1cc(SC(C)C(C)C)c(Br)cc1N. The number of nitrogen functional groups attached to an aromatic ring is 1. The number of hydrogen-bond donors (Lipinski definition) is 1. The summed E-state index contributed by atoms with van der Waals surface area (Å²) in [6.45, 7) is 8.80. The number of halogens is 1. The van der Waals surface area contributed by atoms with Crippen molar-refractivity contribution < 1.29 is 0 Å². The molecule has 3 heteroatoms. The van der Waals surface area contributed by atoms with Gasteiger partial charge in [0, 0.05) is 20.3 Å². The van der Waals surface area contributed by atoms with Crippen LogP contribution in [-0.4, -0.2) is 5.25 Å². The highest BCUT2D eigenvalue weighted by Crippen LogP contribution is 2.35. The first-order valence-electron chi connectivity index (χ1n) is 5.14. The molecule has 0 heterocycles. The lowest BCUT2D eigenvalue weighted by molar-refractivity contribution is 0.642. The highest BCUT2D eigenvalue weighted by molar-refractivity contribution is 9.10. The molecule has 15 heavy (non-hydrogen) atoms. The molecule has 1 rings (SSSR count). The van der Waals surface area contributed by atoms with Crippen molar-refractivity contribution in [1.29, 1.82) is 0 Å². The van der Waals surface area contributed by atoms with Gasteiger partial charge in [-0.3, -0.25) is 0 Å². The average molecular weight is 288 g/mol. The Balaban J connectivity index is 2.91. The van der Waals surface area contributed by atoms with Gasteiger partial charge in [-0.1, -0.05) is 20.8 Å². The van der Waals surface area contributed by atoms with Crippen LogP contribution < -0.4 is 5.73 Å². The molecule has 84 valence electrons. The fourth-order valence-electron chi connectivity index (χ4n) is 1.10. The first kappa shape index (κ1) is 12.9. The topological polar surface area (TPSA) is 26.0 Å². The summed E-state index contributed by atoms with van der Waals surface area (Å²) >= 11 is 5.46. The van der Waals surface area contributed by atoms with Crippen LogP contribution in [0.2, 0.25) is 0 Å². The minimum atomic E-state index is 0.615. The van der Waals surface area contributed by atoms with Gasteiger partial charge in [0.15, 0.2) is 0 Å². The van der Waals surface area contributed by atoms with Gasteiger partial charge >= 0.3 is 0 Å². The van der Waals surface area contributed by atoms with Crippen LogP contribution >= 0.6 is 27.7 Å². The van der Waals surface area contributed by atoms with Crippen molar-refractivity contribution in [2.24, 2.45) is 5.92 Å². The highest BCUT2D eigenvalue weighted by atomic mass is 79.9. The molecule has 0 aliphatic heterocycles. The van der Waals surface area contributed by atoms with Gasteiger partial charge in [-0.05, 0) is 46.5 Å². The lowest BCUT2D eigenvalue weighted by atomic mass is 10.2. The predicted molar refractivity (Wildman–Crippen MR) is 73.4 cm³/mol. The van der Waals surface area contributed by atoms with Gasteiger partial charge < -0.3 is 5.73 Å². The zero-order valence-electron chi connectivity index (χ0n) is 9.67. The van der Waals surface area contributed by atoms with Gasteiger partial charge in [0.25, 0.3) is 0 Å². The highest BCUT2D eigenvalue weighted by Gasteiger charge is 2.12. The second-order valence-electron chi connectivity index (χ2n) is 4.21. The van der Waals surface area contributed by atoms with E-state index in [0.29, 0.717) is 11.2 Å². The third-order valence-electron chi connectivity index (χ3n) is 2.57. The van der Waals surface area contributed by atoms with E-state index < -0.39 is 0 Å². The smallest absolute Gasteiger partial charge is 0.0355 e. The Morgan fingerprint density at radius 2 is 1.87 bits per heavy atom. The second kappa shape index (κ2) is 5.26. The molecule has 1 nitrogen and oxygen atoms in total. The molecule has 0 aliphatic rings. The molecular weight excluding hydrogens is 270 g/mol. The Labute approximate surface area is 105 Å². The minimum Gasteiger partial charge on any atom is -0.398 e. The quantitative estimate of drug-likeness (QED) is 0.655. The zero-order chi connectivity index (χ0) is 11.6. The maximum atomic E-state index is 5.84. The summed E-state index contributed by atoms with van der Waals surface area (Å²) in [5.74, 6) is 0.680. The predicted octanol–water partition coefficient (Wildman–Crippen LogP) is 4.48. The molecule has 1 aromatic rings. The molecule has 0 spiro atoms. The normalized spacial score (nSPS) is 13.2. The number of nitrogens with two attached hydrogens (primary N) is 1. The molecule has 0 aromatic heterocycles. The van der Waals surface area contributed by atoms with Crippen LogP contribution in [0.3, 0.4) is 0 Å². The average Bonchev–Trinajstić information content (AvgIpc) is 2.13. The van der Waals surface area contributed by atoms with E-state index in [1.165, 1.54) is 4.90 Å². The van der Waals surface area contributed by atoms with Crippen molar-refractivity contribution in [2.45, 2.75) is 37.8 Å². The number of benzene rings is 1. The number of hydrogen-bond acceptors (Lipinski definition) is 2. The van der Waals surface area contributed by atoms with E-state index in [2.05, 4.69) is 42.8 Å². The molecule has 2 N–H and O–H groups in total.